The lowest BCUT2D eigenvalue weighted by Crippen LogP contribution is -2.20. The molecule has 0 bridgehead atoms. The average molecular weight is 247 g/mol. The summed E-state index contributed by atoms with van der Waals surface area (Å²) < 4.78 is 7.45. The maximum atomic E-state index is 5.20. The molecular formula is C14H21N3O. The van der Waals surface area contributed by atoms with Crippen LogP contribution in [0.15, 0.2) is 22.9 Å². The smallest absolute Gasteiger partial charge is 0.138 e. The molecule has 0 spiro atoms. The second kappa shape index (κ2) is 5.40. The van der Waals surface area contributed by atoms with Crippen molar-refractivity contribution in [3.8, 4) is 0 Å². The Bertz CT molecular complexity index is 493. The van der Waals surface area contributed by atoms with E-state index < -0.39 is 0 Å². The maximum Gasteiger partial charge on any atom is 0.138 e. The van der Waals surface area contributed by atoms with E-state index in [0.717, 1.165) is 24.5 Å². The Morgan fingerprint density at radius 2 is 2.22 bits per heavy atom. The van der Waals surface area contributed by atoms with E-state index in [0.29, 0.717) is 0 Å². The molecule has 18 heavy (non-hydrogen) atoms. The van der Waals surface area contributed by atoms with E-state index in [1.54, 1.807) is 0 Å². The Labute approximate surface area is 108 Å². The van der Waals surface area contributed by atoms with Crippen LogP contribution in [-0.4, -0.2) is 9.72 Å². The quantitative estimate of drug-likeness (QED) is 0.883. The lowest BCUT2D eigenvalue weighted by atomic mass is 10.1. The van der Waals surface area contributed by atoms with Crippen LogP contribution in [0.5, 0.6) is 0 Å². The molecule has 4 heteroatoms. The van der Waals surface area contributed by atoms with Gasteiger partial charge in [0.2, 0.25) is 0 Å². The predicted molar refractivity (Wildman–Crippen MR) is 71.3 cm³/mol. The Kier molecular flexibility index (Phi) is 3.87. The van der Waals surface area contributed by atoms with Crippen molar-refractivity contribution < 1.29 is 4.52 Å². The number of rotatable bonds is 5. The highest BCUT2D eigenvalue weighted by atomic mass is 16.5. The van der Waals surface area contributed by atoms with Crippen LogP contribution < -0.4 is 5.32 Å². The highest BCUT2D eigenvalue weighted by molar-refractivity contribution is 5.24. The van der Waals surface area contributed by atoms with Crippen LogP contribution in [0.4, 0.5) is 0 Å². The van der Waals surface area contributed by atoms with Gasteiger partial charge in [0, 0.05) is 36.6 Å². The van der Waals surface area contributed by atoms with E-state index in [1.807, 2.05) is 13.8 Å². The van der Waals surface area contributed by atoms with Gasteiger partial charge in [-0.2, -0.15) is 0 Å². The third-order valence-corrected chi connectivity index (χ3v) is 3.38. The molecule has 0 aliphatic heterocycles. The minimum atomic E-state index is 0.247. The van der Waals surface area contributed by atoms with E-state index >= 15 is 0 Å². The molecule has 2 aromatic rings. The summed E-state index contributed by atoms with van der Waals surface area (Å²) in [5.74, 6) is 0.901. The van der Waals surface area contributed by atoms with Crippen LogP contribution in [0.25, 0.3) is 0 Å². The number of aryl methyl sites for hydroxylation is 3. The highest BCUT2D eigenvalue weighted by Crippen LogP contribution is 2.21. The molecule has 0 radical (unpaired) electrons. The SMILES string of the molecule is CCn1cccc1CNC(C)c1c(C)noc1C. The molecule has 0 saturated carbocycles. The van der Waals surface area contributed by atoms with E-state index in [-0.39, 0.29) is 6.04 Å². The van der Waals surface area contributed by atoms with E-state index in [1.165, 1.54) is 11.3 Å². The van der Waals surface area contributed by atoms with Crippen molar-refractivity contribution in [2.75, 3.05) is 0 Å². The molecule has 2 heterocycles. The van der Waals surface area contributed by atoms with Crippen LogP contribution in [-0.2, 0) is 13.1 Å². The molecule has 0 aliphatic carbocycles. The third-order valence-electron chi connectivity index (χ3n) is 3.38. The summed E-state index contributed by atoms with van der Waals surface area (Å²) in [5.41, 5.74) is 3.44. The van der Waals surface area contributed by atoms with Gasteiger partial charge in [-0.3, -0.25) is 0 Å². The summed E-state index contributed by atoms with van der Waals surface area (Å²) in [6.45, 7) is 10.1. The van der Waals surface area contributed by atoms with Gasteiger partial charge in [0.05, 0.1) is 5.69 Å². The molecular weight excluding hydrogens is 226 g/mol. The summed E-state index contributed by atoms with van der Waals surface area (Å²) in [6.07, 6.45) is 2.11. The first-order valence-corrected chi connectivity index (χ1v) is 6.43. The zero-order chi connectivity index (χ0) is 13.1. The first-order valence-electron chi connectivity index (χ1n) is 6.43. The van der Waals surface area contributed by atoms with Crippen molar-refractivity contribution in [3.05, 3.63) is 41.0 Å². The molecule has 2 aromatic heterocycles. The molecule has 98 valence electrons. The Balaban J connectivity index is 2.03. The largest absolute Gasteiger partial charge is 0.361 e. The van der Waals surface area contributed by atoms with Crippen LogP contribution in [0.3, 0.4) is 0 Å². The second-order valence-corrected chi connectivity index (χ2v) is 4.63. The fraction of sp³-hybridized carbons (Fsp3) is 0.500. The molecule has 0 aliphatic rings. The van der Waals surface area contributed by atoms with Crippen LogP contribution in [0.1, 0.15) is 42.6 Å². The number of hydrogen-bond acceptors (Lipinski definition) is 3. The minimum Gasteiger partial charge on any atom is -0.361 e. The van der Waals surface area contributed by atoms with Crippen LogP contribution in [0, 0.1) is 13.8 Å². The zero-order valence-corrected chi connectivity index (χ0v) is 11.5. The number of nitrogens with zero attached hydrogens (tertiary/aromatic N) is 2. The first-order chi connectivity index (χ1) is 8.63. The predicted octanol–water partition coefficient (Wildman–Crippen LogP) is 2.96. The van der Waals surface area contributed by atoms with E-state index in [4.69, 9.17) is 4.52 Å². The lowest BCUT2D eigenvalue weighted by Gasteiger charge is -2.14. The summed E-state index contributed by atoms with van der Waals surface area (Å²) in [7, 11) is 0. The van der Waals surface area contributed by atoms with Gasteiger partial charge in [-0.05, 0) is 39.8 Å². The number of hydrogen-bond donors (Lipinski definition) is 1. The van der Waals surface area contributed by atoms with Crippen molar-refractivity contribution in [2.24, 2.45) is 0 Å². The van der Waals surface area contributed by atoms with Gasteiger partial charge in [0.15, 0.2) is 0 Å². The molecule has 1 N–H and O–H groups in total. The van der Waals surface area contributed by atoms with Gasteiger partial charge in [-0.25, -0.2) is 0 Å². The third kappa shape index (κ3) is 2.48. The maximum absolute atomic E-state index is 5.20. The molecule has 4 nitrogen and oxygen atoms in total. The van der Waals surface area contributed by atoms with Gasteiger partial charge >= 0.3 is 0 Å². The topological polar surface area (TPSA) is 43.0 Å². The van der Waals surface area contributed by atoms with Gasteiger partial charge in [0.1, 0.15) is 5.76 Å². The number of aromatic nitrogens is 2. The van der Waals surface area contributed by atoms with Crippen LogP contribution in [0.2, 0.25) is 0 Å². The van der Waals surface area contributed by atoms with Crippen molar-refractivity contribution in [1.29, 1.82) is 0 Å². The molecule has 0 fully saturated rings. The summed E-state index contributed by atoms with van der Waals surface area (Å²) in [4.78, 5) is 0. The molecule has 2 rings (SSSR count). The Morgan fingerprint density at radius 1 is 1.44 bits per heavy atom. The fourth-order valence-corrected chi connectivity index (χ4v) is 2.39. The average Bonchev–Trinajstić information content (AvgIpc) is 2.93. The number of nitrogens with one attached hydrogen (secondary N) is 1. The van der Waals surface area contributed by atoms with Crippen LogP contribution >= 0.6 is 0 Å². The van der Waals surface area contributed by atoms with Gasteiger partial charge < -0.3 is 14.4 Å². The monoisotopic (exact) mass is 247 g/mol. The molecule has 1 unspecified atom stereocenters. The van der Waals surface area contributed by atoms with Crippen molar-refractivity contribution in [2.45, 2.75) is 46.8 Å². The normalized spacial score (nSPS) is 12.9. The molecule has 0 amide bonds. The summed E-state index contributed by atoms with van der Waals surface area (Å²) in [5, 5.41) is 7.52. The van der Waals surface area contributed by atoms with E-state index in [9.17, 15) is 0 Å². The van der Waals surface area contributed by atoms with Crippen molar-refractivity contribution in [3.63, 3.8) is 0 Å². The van der Waals surface area contributed by atoms with Gasteiger partial charge in [-0.15, -0.1) is 0 Å². The Morgan fingerprint density at radius 3 is 2.83 bits per heavy atom. The molecule has 1 atom stereocenters. The highest BCUT2D eigenvalue weighted by Gasteiger charge is 2.16. The van der Waals surface area contributed by atoms with Crippen molar-refractivity contribution in [1.82, 2.24) is 15.0 Å². The lowest BCUT2D eigenvalue weighted by molar-refractivity contribution is 0.390. The fourth-order valence-electron chi connectivity index (χ4n) is 2.39. The van der Waals surface area contributed by atoms with Gasteiger partial charge in [-0.1, -0.05) is 5.16 Å². The first kappa shape index (κ1) is 12.9. The van der Waals surface area contributed by atoms with E-state index in [2.05, 4.69) is 47.2 Å². The second-order valence-electron chi connectivity index (χ2n) is 4.63. The summed E-state index contributed by atoms with van der Waals surface area (Å²) >= 11 is 0. The summed E-state index contributed by atoms with van der Waals surface area (Å²) in [6, 6.07) is 4.48. The van der Waals surface area contributed by atoms with Crippen molar-refractivity contribution >= 4 is 0 Å². The molecule has 0 saturated heterocycles. The zero-order valence-electron chi connectivity index (χ0n) is 11.5. The standard InChI is InChI=1S/C14H21N3O/c1-5-17-8-6-7-13(17)9-15-10(2)14-11(3)16-18-12(14)4/h6-8,10,15H,5,9H2,1-4H3. The van der Waals surface area contributed by atoms with Gasteiger partial charge in [0.25, 0.3) is 0 Å². The molecule has 0 aromatic carbocycles. The Hall–Kier alpha value is -1.55. The minimum absolute atomic E-state index is 0.247.